The van der Waals surface area contributed by atoms with Crippen LogP contribution in [0.4, 0.5) is 5.13 Å². The molecule has 2 aromatic heterocycles. The molecule has 30 heavy (non-hydrogen) atoms. The normalized spacial score (nSPS) is 19.7. The van der Waals surface area contributed by atoms with Crippen LogP contribution in [0.1, 0.15) is 35.9 Å². The molecule has 2 aliphatic heterocycles. The molecule has 0 bridgehead atoms. The minimum Gasteiger partial charge on any atom is -0.378 e. The monoisotopic (exact) mass is 446 g/mol. The summed E-state index contributed by atoms with van der Waals surface area (Å²) in [6.07, 6.45) is 1.63. The summed E-state index contributed by atoms with van der Waals surface area (Å²) in [5, 5.41) is 1.57. The fraction of sp³-hybridized carbons (Fsp3) is 0.476. The van der Waals surface area contributed by atoms with Crippen molar-refractivity contribution in [2.75, 3.05) is 37.8 Å². The van der Waals surface area contributed by atoms with Gasteiger partial charge in [-0.1, -0.05) is 35.1 Å². The molecular weight excluding hydrogens is 424 g/mol. The van der Waals surface area contributed by atoms with Gasteiger partial charge in [-0.3, -0.25) is 4.79 Å². The molecule has 2 fully saturated rings. The number of morpholine rings is 1. The van der Waals surface area contributed by atoms with Crippen LogP contribution in [0.5, 0.6) is 0 Å². The molecule has 0 amide bonds. The van der Waals surface area contributed by atoms with E-state index in [1.54, 1.807) is 0 Å². The Kier molecular flexibility index (Phi) is 5.49. The smallest absolute Gasteiger partial charge is 0.292 e. The number of benzene rings is 1. The van der Waals surface area contributed by atoms with E-state index in [0.29, 0.717) is 42.5 Å². The zero-order valence-electron chi connectivity index (χ0n) is 16.8. The van der Waals surface area contributed by atoms with Crippen molar-refractivity contribution < 1.29 is 9.47 Å². The van der Waals surface area contributed by atoms with Crippen molar-refractivity contribution in [2.45, 2.75) is 32.4 Å². The maximum Gasteiger partial charge on any atom is 0.292 e. The van der Waals surface area contributed by atoms with Crippen molar-refractivity contribution in [3.8, 4) is 0 Å². The summed E-state index contributed by atoms with van der Waals surface area (Å²) in [6.45, 7) is 6.11. The van der Waals surface area contributed by atoms with Crippen molar-refractivity contribution >= 4 is 38.4 Å². The van der Waals surface area contributed by atoms with Crippen molar-refractivity contribution in [3.05, 3.63) is 50.5 Å². The first-order chi connectivity index (χ1) is 14.6. The Morgan fingerprint density at radius 3 is 2.83 bits per heavy atom. The van der Waals surface area contributed by atoms with Gasteiger partial charge in [-0.15, -0.1) is 0 Å². The molecule has 0 radical (unpaired) electrons. The second-order valence-corrected chi connectivity index (χ2v) is 9.02. The third-order valence-corrected chi connectivity index (χ3v) is 7.25. The number of halogens is 1. The van der Waals surface area contributed by atoms with E-state index in [-0.39, 0.29) is 11.7 Å². The lowest BCUT2D eigenvalue weighted by Gasteiger charge is -2.25. The number of nitrogens with zero attached hydrogens (tertiary/aromatic N) is 4. The van der Waals surface area contributed by atoms with Gasteiger partial charge in [-0.05, 0) is 37.0 Å². The number of thiazole rings is 1. The minimum absolute atomic E-state index is 0.185. The Hall–Kier alpha value is -2.00. The van der Waals surface area contributed by atoms with Crippen LogP contribution >= 0.6 is 22.9 Å². The topological polar surface area (TPSA) is 69.5 Å². The fourth-order valence-corrected chi connectivity index (χ4v) is 5.21. The molecule has 1 atom stereocenters. The first-order valence-electron chi connectivity index (χ1n) is 10.2. The highest BCUT2D eigenvalue weighted by Gasteiger charge is 2.27. The Morgan fingerprint density at radius 1 is 1.23 bits per heavy atom. The Balaban J connectivity index is 1.66. The molecule has 4 heterocycles. The van der Waals surface area contributed by atoms with Crippen molar-refractivity contribution in [1.29, 1.82) is 0 Å². The van der Waals surface area contributed by atoms with Crippen LogP contribution in [0, 0.1) is 6.92 Å². The lowest BCUT2D eigenvalue weighted by Crippen LogP contribution is -2.36. The van der Waals surface area contributed by atoms with Crippen molar-refractivity contribution in [2.24, 2.45) is 0 Å². The predicted molar refractivity (Wildman–Crippen MR) is 118 cm³/mol. The number of hydrogen-bond acceptors (Lipinski definition) is 7. The van der Waals surface area contributed by atoms with Gasteiger partial charge in [0.25, 0.3) is 5.56 Å². The van der Waals surface area contributed by atoms with E-state index in [4.69, 9.17) is 26.1 Å². The number of aromatic nitrogens is 3. The molecule has 0 saturated carbocycles. The number of rotatable bonds is 4. The van der Waals surface area contributed by atoms with Crippen LogP contribution in [0.15, 0.2) is 23.0 Å². The van der Waals surface area contributed by atoms with Crippen LogP contribution in [-0.2, 0) is 16.0 Å². The summed E-state index contributed by atoms with van der Waals surface area (Å²) >= 11 is 7.77. The van der Waals surface area contributed by atoms with Crippen molar-refractivity contribution in [1.82, 2.24) is 14.5 Å². The van der Waals surface area contributed by atoms with E-state index >= 15 is 0 Å². The van der Waals surface area contributed by atoms with Gasteiger partial charge in [0.15, 0.2) is 10.8 Å². The molecular formula is C21H23ClN4O3S. The lowest BCUT2D eigenvalue weighted by molar-refractivity contribution is 0.101. The Bertz CT molecular complexity index is 1130. The average molecular weight is 447 g/mol. The van der Waals surface area contributed by atoms with E-state index in [9.17, 15) is 4.79 Å². The van der Waals surface area contributed by atoms with Gasteiger partial charge in [0.2, 0.25) is 0 Å². The second kappa shape index (κ2) is 8.26. The quantitative estimate of drug-likeness (QED) is 0.610. The fourth-order valence-electron chi connectivity index (χ4n) is 4.01. The molecule has 7 nitrogen and oxygen atoms in total. The second-order valence-electron chi connectivity index (χ2n) is 7.64. The van der Waals surface area contributed by atoms with Gasteiger partial charge in [0.05, 0.1) is 19.8 Å². The van der Waals surface area contributed by atoms with Gasteiger partial charge in [0, 0.05) is 24.7 Å². The molecule has 2 saturated heterocycles. The van der Waals surface area contributed by atoms with Gasteiger partial charge in [-0.2, -0.15) is 4.98 Å². The van der Waals surface area contributed by atoms with Gasteiger partial charge >= 0.3 is 0 Å². The highest BCUT2D eigenvalue weighted by molar-refractivity contribution is 7.22. The van der Waals surface area contributed by atoms with Crippen LogP contribution in [0.2, 0.25) is 5.02 Å². The van der Waals surface area contributed by atoms with E-state index in [1.807, 2.05) is 23.6 Å². The first kappa shape index (κ1) is 19.9. The highest BCUT2D eigenvalue weighted by Crippen LogP contribution is 2.33. The predicted octanol–water partition coefficient (Wildman–Crippen LogP) is 3.55. The highest BCUT2D eigenvalue weighted by atomic mass is 35.5. The van der Waals surface area contributed by atoms with Gasteiger partial charge < -0.3 is 18.9 Å². The summed E-state index contributed by atoms with van der Waals surface area (Å²) in [7, 11) is 0. The molecule has 158 valence electrons. The Morgan fingerprint density at radius 2 is 2.07 bits per heavy atom. The van der Waals surface area contributed by atoms with Crippen LogP contribution in [0.25, 0.3) is 10.3 Å². The van der Waals surface area contributed by atoms with E-state index in [0.717, 1.165) is 47.2 Å². The lowest BCUT2D eigenvalue weighted by atomic mass is 10.1. The molecule has 2 aliphatic rings. The summed E-state index contributed by atoms with van der Waals surface area (Å²) in [5.74, 6) is 0.656. The summed E-state index contributed by atoms with van der Waals surface area (Å²) in [6, 6.07) is 5.89. The molecule has 1 unspecified atom stereocenters. The third kappa shape index (κ3) is 3.62. The standard InChI is InChI=1S/C21H23ClN4O3S/c1-13-14(4-2-5-15(13)22)12-26-18(16-6-3-9-29-16)23-20(27)17-19(26)24-21(30-17)25-7-10-28-11-8-25/h2,4-5,16H,3,6-12H2,1H3. The van der Waals surface area contributed by atoms with E-state index in [2.05, 4.69) is 16.0 Å². The summed E-state index contributed by atoms with van der Waals surface area (Å²) in [5.41, 5.74) is 2.54. The van der Waals surface area contributed by atoms with Gasteiger partial charge in [0.1, 0.15) is 16.6 Å². The molecule has 1 aromatic carbocycles. The molecule has 0 N–H and O–H groups in total. The summed E-state index contributed by atoms with van der Waals surface area (Å²) < 4.78 is 14.0. The SMILES string of the molecule is Cc1c(Cl)cccc1Cn1c(C2CCCO2)nc(=O)c2sc(N3CCOCC3)nc21. The molecule has 0 spiro atoms. The van der Waals surface area contributed by atoms with E-state index < -0.39 is 0 Å². The zero-order chi connectivity index (χ0) is 20.7. The molecule has 5 rings (SSSR count). The average Bonchev–Trinajstić information content (AvgIpc) is 3.44. The van der Waals surface area contributed by atoms with Crippen molar-refractivity contribution in [3.63, 3.8) is 0 Å². The molecule has 3 aromatic rings. The first-order valence-corrected chi connectivity index (χ1v) is 11.4. The van der Waals surface area contributed by atoms with Gasteiger partial charge in [-0.25, -0.2) is 4.98 Å². The maximum absolute atomic E-state index is 12.9. The van der Waals surface area contributed by atoms with Crippen LogP contribution in [0.3, 0.4) is 0 Å². The number of fused-ring (bicyclic) bond motifs is 1. The van der Waals surface area contributed by atoms with E-state index in [1.165, 1.54) is 11.3 Å². The Labute approximate surface area is 183 Å². The number of ether oxygens (including phenoxy) is 2. The maximum atomic E-state index is 12.9. The van der Waals surface area contributed by atoms with Crippen LogP contribution < -0.4 is 10.5 Å². The molecule has 9 heteroatoms. The third-order valence-electron chi connectivity index (χ3n) is 5.75. The zero-order valence-corrected chi connectivity index (χ0v) is 18.3. The van der Waals surface area contributed by atoms with Crippen LogP contribution in [-0.4, -0.2) is 47.4 Å². The molecule has 0 aliphatic carbocycles. The number of anilines is 1. The summed E-state index contributed by atoms with van der Waals surface area (Å²) in [4.78, 5) is 24.4. The number of hydrogen-bond donors (Lipinski definition) is 0. The largest absolute Gasteiger partial charge is 0.378 e. The minimum atomic E-state index is -0.230.